The van der Waals surface area contributed by atoms with Crippen molar-refractivity contribution >= 4 is 5.97 Å². The highest BCUT2D eigenvalue weighted by atomic mass is 19.2. The van der Waals surface area contributed by atoms with Crippen molar-refractivity contribution in [2.24, 2.45) is 0 Å². The molecule has 0 fully saturated rings. The van der Waals surface area contributed by atoms with E-state index in [1.54, 1.807) is 27.7 Å². The van der Waals surface area contributed by atoms with Crippen molar-refractivity contribution in [3.63, 3.8) is 0 Å². The van der Waals surface area contributed by atoms with Gasteiger partial charge in [-0.1, -0.05) is 0 Å². The largest absolute Gasteiger partial charge is 0.484 e. The van der Waals surface area contributed by atoms with Gasteiger partial charge in [0, 0.05) is 0 Å². The predicted octanol–water partition coefficient (Wildman–Crippen LogP) is 3.46. The first-order valence-electron chi connectivity index (χ1n) is 5.71. The van der Waals surface area contributed by atoms with Gasteiger partial charge in [-0.3, -0.25) is 0 Å². The molecule has 3 nitrogen and oxygen atoms in total. The molecule has 0 N–H and O–H groups in total. The van der Waals surface area contributed by atoms with Gasteiger partial charge in [0.25, 0.3) is 0 Å². The minimum atomic E-state index is -1.69. The average molecular weight is 276 g/mol. The molecular formula is C13H15F3O3. The fourth-order valence-corrected chi connectivity index (χ4v) is 1.34. The maximum atomic E-state index is 13.7. The number of esters is 1. The molecule has 0 aromatic heterocycles. The quantitative estimate of drug-likeness (QED) is 0.626. The first-order valence-corrected chi connectivity index (χ1v) is 5.71. The molecule has 0 saturated heterocycles. The second-order valence-corrected chi connectivity index (χ2v) is 4.80. The third-order valence-electron chi connectivity index (χ3n) is 2.02. The molecule has 1 rings (SSSR count). The van der Waals surface area contributed by atoms with E-state index in [4.69, 9.17) is 4.74 Å². The zero-order chi connectivity index (χ0) is 14.8. The van der Waals surface area contributed by atoms with Crippen LogP contribution in [0.3, 0.4) is 0 Å². The number of hydrogen-bond donors (Lipinski definition) is 0. The summed E-state index contributed by atoms with van der Waals surface area (Å²) in [6, 6.07) is 0.567. The van der Waals surface area contributed by atoms with Gasteiger partial charge in [0.2, 0.25) is 5.82 Å². The Morgan fingerprint density at radius 1 is 1.21 bits per heavy atom. The van der Waals surface area contributed by atoms with Crippen LogP contribution in [0.5, 0.6) is 5.75 Å². The molecule has 0 aliphatic rings. The molecule has 19 heavy (non-hydrogen) atoms. The summed E-state index contributed by atoms with van der Waals surface area (Å²) in [6.07, 6.45) is 0. The van der Waals surface area contributed by atoms with Gasteiger partial charge < -0.3 is 9.47 Å². The van der Waals surface area contributed by atoms with Crippen molar-refractivity contribution < 1.29 is 27.4 Å². The molecule has 1 aromatic rings. The van der Waals surface area contributed by atoms with E-state index in [0.717, 1.165) is 0 Å². The van der Waals surface area contributed by atoms with Crippen molar-refractivity contribution in [2.75, 3.05) is 6.61 Å². The van der Waals surface area contributed by atoms with Gasteiger partial charge in [0.1, 0.15) is 11.2 Å². The number of hydrogen-bond acceptors (Lipinski definition) is 3. The summed E-state index contributed by atoms with van der Waals surface area (Å²) < 4.78 is 49.9. The first kappa shape index (κ1) is 15.3. The number of halogens is 3. The number of benzene rings is 1. The van der Waals surface area contributed by atoms with Crippen LogP contribution in [0.2, 0.25) is 0 Å². The van der Waals surface area contributed by atoms with Crippen LogP contribution < -0.4 is 4.74 Å². The lowest BCUT2D eigenvalue weighted by Crippen LogP contribution is -2.25. The second kappa shape index (κ2) is 5.50. The maximum Gasteiger partial charge on any atom is 0.342 e. The standard InChI is InChI=1S/C13H15F3O3/c1-5-18-12(17)7-6-8(14)9(15)10(16)11(7)19-13(2,3)4/h6H,5H2,1-4H3. The number of ether oxygens (including phenoxy) is 2. The summed E-state index contributed by atoms with van der Waals surface area (Å²) in [5.74, 6) is -6.32. The Balaban J connectivity index is 3.39. The smallest absolute Gasteiger partial charge is 0.342 e. The summed E-state index contributed by atoms with van der Waals surface area (Å²) in [6.45, 7) is 6.32. The molecule has 0 bridgehead atoms. The number of carbonyl (C=O) groups is 1. The molecule has 0 spiro atoms. The van der Waals surface area contributed by atoms with Crippen LogP contribution >= 0.6 is 0 Å². The highest BCUT2D eigenvalue weighted by Gasteiger charge is 2.28. The summed E-state index contributed by atoms with van der Waals surface area (Å²) in [5, 5.41) is 0. The van der Waals surface area contributed by atoms with E-state index >= 15 is 0 Å². The highest BCUT2D eigenvalue weighted by Crippen LogP contribution is 2.30. The Bertz CT molecular complexity index is 493. The molecule has 0 saturated carbocycles. The Morgan fingerprint density at radius 2 is 1.79 bits per heavy atom. The van der Waals surface area contributed by atoms with Crippen molar-refractivity contribution in [1.82, 2.24) is 0 Å². The molecule has 0 unspecified atom stereocenters. The van der Waals surface area contributed by atoms with Gasteiger partial charge >= 0.3 is 5.97 Å². The van der Waals surface area contributed by atoms with Crippen LogP contribution in [0.15, 0.2) is 6.07 Å². The Labute approximate surface area is 109 Å². The lowest BCUT2D eigenvalue weighted by Gasteiger charge is -2.23. The summed E-state index contributed by atoms with van der Waals surface area (Å²) in [4.78, 5) is 11.6. The lowest BCUT2D eigenvalue weighted by molar-refractivity contribution is 0.0508. The molecule has 1 aromatic carbocycles. The molecule has 0 aliphatic carbocycles. The Kier molecular flexibility index (Phi) is 4.44. The van der Waals surface area contributed by atoms with Crippen LogP contribution in [0.25, 0.3) is 0 Å². The Morgan fingerprint density at radius 3 is 2.26 bits per heavy atom. The minimum absolute atomic E-state index is 0.0222. The van der Waals surface area contributed by atoms with E-state index in [2.05, 4.69) is 4.74 Å². The van der Waals surface area contributed by atoms with Crippen LogP contribution in [0.4, 0.5) is 13.2 Å². The molecule has 0 amide bonds. The minimum Gasteiger partial charge on any atom is -0.484 e. The fourth-order valence-electron chi connectivity index (χ4n) is 1.34. The summed E-state index contributed by atoms with van der Waals surface area (Å²) >= 11 is 0. The van der Waals surface area contributed by atoms with Crippen molar-refractivity contribution in [1.29, 1.82) is 0 Å². The van der Waals surface area contributed by atoms with Gasteiger partial charge in [-0.05, 0) is 33.8 Å². The second-order valence-electron chi connectivity index (χ2n) is 4.80. The summed E-state index contributed by atoms with van der Waals surface area (Å²) in [7, 11) is 0. The number of rotatable bonds is 3. The topological polar surface area (TPSA) is 35.5 Å². The van der Waals surface area contributed by atoms with E-state index in [0.29, 0.717) is 6.07 Å². The molecule has 6 heteroatoms. The third-order valence-corrected chi connectivity index (χ3v) is 2.02. The Hall–Kier alpha value is -1.72. The van der Waals surface area contributed by atoms with Crippen LogP contribution in [-0.2, 0) is 4.74 Å². The molecule has 0 radical (unpaired) electrons. The van der Waals surface area contributed by atoms with Crippen molar-refractivity contribution in [3.05, 3.63) is 29.1 Å². The van der Waals surface area contributed by atoms with E-state index in [1.807, 2.05) is 0 Å². The van der Waals surface area contributed by atoms with Crippen LogP contribution in [0.1, 0.15) is 38.1 Å². The molecule has 0 atom stereocenters. The van der Waals surface area contributed by atoms with Crippen molar-refractivity contribution in [2.45, 2.75) is 33.3 Å². The molecule has 0 aliphatic heterocycles. The zero-order valence-electron chi connectivity index (χ0n) is 11.1. The summed E-state index contributed by atoms with van der Waals surface area (Å²) in [5.41, 5.74) is -1.36. The monoisotopic (exact) mass is 276 g/mol. The van der Waals surface area contributed by atoms with Gasteiger partial charge in [-0.15, -0.1) is 0 Å². The normalized spacial score (nSPS) is 11.3. The van der Waals surface area contributed by atoms with Crippen LogP contribution in [0, 0.1) is 17.5 Å². The van der Waals surface area contributed by atoms with Gasteiger partial charge in [-0.25, -0.2) is 13.6 Å². The van der Waals surface area contributed by atoms with Crippen LogP contribution in [-0.4, -0.2) is 18.2 Å². The highest BCUT2D eigenvalue weighted by molar-refractivity contribution is 5.92. The van der Waals surface area contributed by atoms with E-state index in [-0.39, 0.29) is 6.61 Å². The number of carbonyl (C=O) groups excluding carboxylic acids is 1. The molecule has 0 heterocycles. The van der Waals surface area contributed by atoms with Crippen molar-refractivity contribution in [3.8, 4) is 5.75 Å². The van der Waals surface area contributed by atoms with E-state index in [9.17, 15) is 18.0 Å². The first-order chi connectivity index (χ1) is 8.67. The average Bonchev–Trinajstić information content (AvgIpc) is 2.28. The molecule has 106 valence electrons. The zero-order valence-corrected chi connectivity index (χ0v) is 11.1. The lowest BCUT2D eigenvalue weighted by atomic mass is 10.1. The third kappa shape index (κ3) is 3.62. The van der Waals surface area contributed by atoms with Gasteiger partial charge in [-0.2, -0.15) is 4.39 Å². The predicted molar refractivity (Wildman–Crippen MR) is 62.7 cm³/mol. The molecular weight excluding hydrogens is 261 g/mol. The van der Waals surface area contributed by atoms with E-state index < -0.39 is 40.3 Å². The SMILES string of the molecule is CCOC(=O)c1cc(F)c(F)c(F)c1OC(C)(C)C. The van der Waals surface area contributed by atoms with Gasteiger partial charge in [0.05, 0.1) is 6.61 Å². The fraction of sp³-hybridized carbons (Fsp3) is 0.462. The van der Waals surface area contributed by atoms with Gasteiger partial charge in [0.15, 0.2) is 17.4 Å². The maximum absolute atomic E-state index is 13.7. The van der Waals surface area contributed by atoms with E-state index in [1.165, 1.54) is 0 Å².